The Balaban J connectivity index is 0.00000176. The summed E-state index contributed by atoms with van der Waals surface area (Å²) in [5, 5.41) is 0. The third-order valence-electron chi connectivity index (χ3n) is 3.30. The SMILES string of the molecule is Brc1ccc(Cn2cc[n+](Cc3ccc(Br)cc3)c2)cc1.[I-]. The van der Waals surface area contributed by atoms with Crippen molar-refractivity contribution in [3.63, 3.8) is 0 Å². The number of aromatic nitrogens is 2. The van der Waals surface area contributed by atoms with E-state index >= 15 is 0 Å². The lowest BCUT2D eigenvalue weighted by atomic mass is 10.2. The highest BCUT2D eigenvalue weighted by atomic mass is 127. The maximum atomic E-state index is 3.46. The number of benzene rings is 2. The molecule has 0 aliphatic rings. The monoisotopic (exact) mass is 532 g/mol. The van der Waals surface area contributed by atoms with Gasteiger partial charge in [-0.25, -0.2) is 9.13 Å². The summed E-state index contributed by atoms with van der Waals surface area (Å²) in [4.78, 5) is 0. The maximum absolute atomic E-state index is 3.46. The Labute approximate surface area is 164 Å². The number of nitrogens with zero attached hydrogens (tertiary/aromatic N) is 2. The molecule has 0 bridgehead atoms. The molecule has 2 aromatic carbocycles. The van der Waals surface area contributed by atoms with Gasteiger partial charge in [-0.15, -0.1) is 0 Å². The van der Waals surface area contributed by atoms with Crippen LogP contribution in [-0.2, 0) is 13.1 Å². The summed E-state index contributed by atoms with van der Waals surface area (Å²) < 4.78 is 6.62. The van der Waals surface area contributed by atoms with Crippen LogP contribution in [-0.4, -0.2) is 4.57 Å². The van der Waals surface area contributed by atoms with Gasteiger partial charge in [0.1, 0.15) is 25.5 Å². The molecule has 5 heteroatoms. The zero-order valence-electron chi connectivity index (χ0n) is 11.8. The molecule has 2 nitrogen and oxygen atoms in total. The molecular weight excluding hydrogens is 519 g/mol. The number of hydrogen-bond donors (Lipinski definition) is 0. The van der Waals surface area contributed by atoms with Crippen LogP contribution in [0.5, 0.6) is 0 Å². The second kappa shape index (κ2) is 8.26. The summed E-state index contributed by atoms with van der Waals surface area (Å²) in [5.41, 5.74) is 2.59. The molecule has 0 unspecified atom stereocenters. The highest BCUT2D eigenvalue weighted by Crippen LogP contribution is 2.12. The molecule has 0 aliphatic heterocycles. The zero-order valence-corrected chi connectivity index (χ0v) is 17.1. The third-order valence-corrected chi connectivity index (χ3v) is 4.36. The molecule has 0 radical (unpaired) electrons. The van der Waals surface area contributed by atoms with Crippen molar-refractivity contribution in [2.45, 2.75) is 13.1 Å². The molecule has 0 saturated carbocycles. The van der Waals surface area contributed by atoms with Crippen LogP contribution in [0.1, 0.15) is 11.1 Å². The van der Waals surface area contributed by atoms with Gasteiger partial charge in [0, 0.05) is 8.95 Å². The van der Waals surface area contributed by atoms with E-state index in [1.54, 1.807) is 0 Å². The van der Waals surface area contributed by atoms with Crippen LogP contribution in [0, 0.1) is 0 Å². The smallest absolute Gasteiger partial charge is 0.244 e. The molecule has 3 aromatic rings. The van der Waals surface area contributed by atoms with Crippen LogP contribution >= 0.6 is 31.9 Å². The molecule has 0 spiro atoms. The summed E-state index contributed by atoms with van der Waals surface area (Å²) in [6.07, 6.45) is 6.37. The molecule has 1 aromatic heterocycles. The van der Waals surface area contributed by atoms with Crippen LogP contribution in [0.15, 0.2) is 76.2 Å². The van der Waals surface area contributed by atoms with E-state index in [1.165, 1.54) is 11.1 Å². The number of rotatable bonds is 4. The van der Waals surface area contributed by atoms with Crippen molar-refractivity contribution < 1.29 is 28.5 Å². The van der Waals surface area contributed by atoms with Crippen molar-refractivity contribution in [2.24, 2.45) is 0 Å². The number of halogens is 3. The lowest BCUT2D eigenvalue weighted by Crippen LogP contribution is -3.00. The van der Waals surface area contributed by atoms with Crippen molar-refractivity contribution >= 4 is 31.9 Å². The second-order valence-corrected chi connectivity index (χ2v) is 6.84. The first-order valence-electron chi connectivity index (χ1n) is 6.73. The first-order valence-corrected chi connectivity index (χ1v) is 8.31. The van der Waals surface area contributed by atoms with E-state index in [0.717, 1.165) is 22.0 Å². The zero-order chi connectivity index (χ0) is 14.7. The Morgan fingerprint density at radius 2 is 1.36 bits per heavy atom. The Hall–Kier alpha value is -0.660. The molecule has 0 fully saturated rings. The van der Waals surface area contributed by atoms with Gasteiger partial charge < -0.3 is 24.0 Å². The van der Waals surface area contributed by atoms with Gasteiger partial charge in [-0.1, -0.05) is 56.1 Å². The average molecular weight is 534 g/mol. The van der Waals surface area contributed by atoms with Crippen molar-refractivity contribution in [2.75, 3.05) is 0 Å². The fourth-order valence-corrected chi connectivity index (χ4v) is 2.76. The fraction of sp³-hybridized carbons (Fsp3) is 0.118. The molecule has 0 atom stereocenters. The third kappa shape index (κ3) is 4.93. The predicted octanol–water partition coefficient (Wildman–Crippen LogP) is 1.40. The molecule has 1 heterocycles. The highest BCUT2D eigenvalue weighted by molar-refractivity contribution is 9.10. The van der Waals surface area contributed by atoms with E-state index in [0.29, 0.717) is 0 Å². The minimum absolute atomic E-state index is 0. The summed E-state index contributed by atoms with van der Waals surface area (Å²) in [5.74, 6) is 0. The van der Waals surface area contributed by atoms with Gasteiger partial charge in [-0.2, -0.15) is 0 Å². The highest BCUT2D eigenvalue weighted by Gasteiger charge is 2.05. The molecule has 3 rings (SSSR count). The first-order chi connectivity index (χ1) is 10.2. The van der Waals surface area contributed by atoms with E-state index in [-0.39, 0.29) is 24.0 Å². The van der Waals surface area contributed by atoms with Crippen molar-refractivity contribution in [1.29, 1.82) is 0 Å². The Kier molecular flexibility index (Phi) is 6.65. The van der Waals surface area contributed by atoms with E-state index in [4.69, 9.17) is 0 Å². The summed E-state index contributed by atoms with van der Waals surface area (Å²) in [6.45, 7) is 1.78. The van der Waals surface area contributed by atoms with Gasteiger partial charge in [-0.05, 0) is 35.4 Å². The summed E-state index contributed by atoms with van der Waals surface area (Å²) in [7, 11) is 0. The standard InChI is InChI=1S/C17H15Br2N2.HI/c18-16-5-1-14(2-6-16)11-20-9-10-21(13-20)12-15-3-7-17(19)8-4-15;/h1-10,13H,11-12H2;1H/q+1;/p-1. The first kappa shape index (κ1) is 17.7. The van der Waals surface area contributed by atoms with Crippen molar-refractivity contribution in [1.82, 2.24) is 4.57 Å². The fourth-order valence-electron chi connectivity index (χ4n) is 2.23. The van der Waals surface area contributed by atoms with Gasteiger partial charge in [0.15, 0.2) is 0 Å². The number of hydrogen-bond acceptors (Lipinski definition) is 0. The summed E-state index contributed by atoms with van der Waals surface area (Å²) in [6, 6.07) is 16.9. The lowest BCUT2D eigenvalue weighted by Gasteiger charge is -1.99. The second-order valence-electron chi connectivity index (χ2n) is 5.01. The molecular formula is C17H15Br2IN2. The maximum Gasteiger partial charge on any atom is 0.244 e. The topological polar surface area (TPSA) is 8.81 Å². The van der Waals surface area contributed by atoms with Crippen LogP contribution < -0.4 is 28.5 Å². The molecule has 0 aliphatic carbocycles. The molecule has 22 heavy (non-hydrogen) atoms. The van der Waals surface area contributed by atoms with Crippen LogP contribution in [0.4, 0.5) is 0 Å². The molecule has 0 amide bonds. The van der Waals surface area contributed by atoms with Gasteiger partial charge >= 0.3 is 0 Å². The van der Waals surface area contributed by atoms with Gasteiger partial charge in [0.05, 0.1) is 0 Å². The minimum atomic E-state index is 0. The Morgan fingerprint density at radius 3 is 1.95 bits per heavy atom. The molecule has 0 N–H and O–H groups in total. The van der Waals surface area contributed by atoms with Crippen molar-refractivity contribution in [3.05, 3.63) is 87.3 Å². The largest absolute Gasteiger partial charge is 1.00 e. The normalized spacial score (nSPS) is 10.3. The Morgan fingerprint density at radius 1 is 0.818 bits per heavy atom. The number of imidazole rings is 1. The van der Waals surface area contributed by atoms with E-state index in [1.807, 2.05) is 0 Å². The lowest BCUT2D eigenvalue weighted by molar-refractivity contribution is -0.687. The van der Waals surface area contributed by atoms with E-state index in [2.05, 4.69) is 108 Å². The van der Waals surface area contributed by atoms with Crippen LogP contribution in [0.2, 0.25) is 0 Å². The van der Waals surface area contributed by atoms with Crippen LogP contribution in [0.25, 0.3) is 0 Å². The van der Waals surface area contributed by atoms with E-state index in [9.17, 15) is 0 Å². The van der Waals surface area contributed by atoms with Gasteiger partial charge in [0.25, 0.3) is 0 Å². The Bertz CT molecular complexity index is 659. The summed E-state index contributed by atoms with van der Waals surface area (Å²) >= 11 is 6.93. The average Bonchev–Trinajstić information content (AvgIpc) is 2.91. The quantitative estimate of drug-likeness (QED) is 0.354. The molecule has 114 valence electrons. The van der Waals surface area contributed by atoms with Gasteiger partial charge in [0.2, 0.25) is 6.33 Å². The predicted molar refractivity (Wildman–Crippen MR) is 91.1 cm³/mol. The minimum Gasteiger partial charge on any atom is -1.00 e. The van der Waals surface area contributed by atoms with Crippen molar-refractivity contribution in [3.8, 4) is 0 Å². The molecule has 0 saturated heterocycles. The van der Waals surface area contributed by atoms with Crippen LogP contribution in [0.3, 0.4) is 0 Å². The van der Waals surface area contributed by atoms with E-state index < -0.39 is 0 Å². The van der Waals surface area contributed by atoms with Gasteiger partial charge in [-0.3, -0.25) is 0 Å².